The van der Waals surface area contributed by atoms with Crippen LogP contribution in [-0.4, -0.2) is 12.5 Å². The Morgan fingerprint density at radius 2 is 1.37 bits per heavy atom. The van der Waals surface area contributed by atoms with Gasteiger partial charge in [-0.05, 0) is 42.5 Å². The van der Waals surface area contributed by atoms with Crippen LogP contribution in [0.2, 0.25) is 0 Å². The summed E-state index contributed by atoms with van der Waals surface area (Å²) in [7, 11) is 0. The highest BCUT2D eigenvalue weighted by molar-refractivity contribution is 5.76. The van der Waals surface area contributed by atoms with Gasteiger partial charge < -0.3 is 0 Å². The monoisotopic (exact) mass is 272 g/mol. The third-order valence-electron chi connectivity index (χ3n) is 3.39. The van der Waals surface area contributed by atoms with Crippen molar-refractivity contribution in [3.8, 4) is 0 Å². The summed E-state index contributed by atoms with van der Waals surface area (Å²) in [4.78, 5) is 10.9. The fourth-order valence-corrected chi connectivity index (χ4v) is 1.68. The first-order valence-electron chi connectivity index (χ1n) is 6.07. The van der Waals surface area contributed by atoms with Gasteiger partial charge in [-0.2, -0.15) is 13.2 Å². The molecule has 1 aromatic rings. The Morgan fingerprint density at radius 3 is 1.74 bits per heavy atom. The summed E-state index contributed by atoms with van der Waals surface area (Å²) in [5.41, 5.74) is -1.17. The first kappa shape index (κ1) is 15.7. The number of hydrogen-bond acceptors (Lipinski definition) is 1. The van der Waals surface area contributed by atoms with E-state index in [0.29, 0.717) is 6.29 Å². The molecule has 0 N–H and O–H groups in total. The molecule has 0 radical (unpaired) electrons. The van der Waals surface area contributed by atoms with Crippen molar-refractivity contribution in [3.63, 3.8) is 0 Å². The van der Waals surface area contributed by atoms with Gasteiger partial charge in [-0.3, -0.25) is 4.79 Å². The van der Waals surface area contributed by atoms with E-state index >= 15 is 0 Å². The average Bonchev–Trinajstić information content (AvgIpc) is 2.25. The second-order valence-electron chi connectivity index (χ2n) is 6.33. The maximum Gasteiger partial charge on any atom is 0.397 e. The standard InChI is InChI=1S/C15H19F3O/c1-13(2,3)11-6-10(9-19)7-12(8-11)14(4,5)15(16,17)18/h6-9H,1-5H3. The number of alkyl halides is 3. The highest BCUT2D eigenvalue weighted by Gasteiger charge is 2.48. The summed E-state index contributed by atoms with van der Waals surface area (Å²) in [5.74, 6) is 0. The molecule has 4 heteroatoms. The highest BCUT2D eigenvalue weighted by atomic mass is 19.4. The summed E-state index contributed by atoms with van der Waals surface area (Å²) in [5, 5.41) is 0. The number of carbonyl (C=O) groups is 1. The van der Waals surface area contributed by atoms with E-state index in [9.17, 15) is 18.0 Å². The van der Waals surface area contributed by atoms with Gasteiger partial charge in [-0.15, -0.1) is 0 Å². The van der Waals surface area contributed by atoms with E-state index in [1.807, 2.05) is 20.8 Å². The van der Waals surface area contributed by atoms with Crippen molar-refractivity contribution in [1.82, 2.24) is 0 Å². The Morgan fingerprint density at radius 1 is 0.895 bits per heavy atom. The molecule has 0 heterocycles. The van der Waals surface area contributed by atoms with Crippen molar-refractivity contribution >= 4 is 6.29 Å². The molecule has 0 atom stereocenters. The molecule has 0 amide bonds. The largest absolute Gasteiger partial charge is 0.397 e. The third-order valence-corrected chi connectivity index (χ3v) is 3.39. The molecule has 0 saturated carbocycles. The zero-order valence-electron chi connectivity index (χ0n) is 11.9. The molecule has 1 rings (SSSR count). The zero-order valence-corrected chi connectivity index (χ0v) is 11.9. The van der Waals surface area contributed by atoms with Gasteiger partial charge in [0.2, 0.25) is 0 Å². The average molecular weight is 272 g/mol. The minimum Gasteiger partial charge on any atom is -0.298 e. The first-order chi connectivity index (χ1) is 8.39. The molecular weight excluding hydrogens is 253 g/mol. The van der Waals surface area contributed by atoms with E-state index in [4.69, 9.17) is 0 Å². The summed E-state index contributed by atoms with van der Waals surface area (Å²) in [6.07, 6.45) is -3.77. The Kier molecular flexibility index (Phi) is 3.86. The number of benzene rings is 1. The lowest BCUT2D eigenvalue weighted by Gasteiger charge is -2.30. The lowest BCUT2D eigenvalue weighted by atomic mass is 9.78. The molecule has 0 aliphatic rings. The van der Waals surface area contributed by atoms with Crippen LogP contribution in [-0.2, 0) is 10.8 Å². The van der Waals surface area contributed by atoms with Crippen molar-refractivity contribution in [3.05, 3.63) is 34.9 Å². The van der Waals surface area contributed by atoms with Gasteiger partial charge in [0.1, 0.15) is 6.29 Å². The fourth-order valence-electron chi connectivity index (χ4n) is 1.68. The second kappa shape index (κ2) is 4.66. The van der Waals surface area contributed by atoms with Crippen molar-refractivity contribution in [2.24, 2.45) is 0 Å². The Bertz CT molecular complexity index is 479. The smallest absolute Gasteiger partial charge is 0.298 e. The van der Waals surface area contributed by atoms with Crippen LogP contribution in [0.4, 0.5) is 13.2 Å². The minimum absolute atomic E-state index is 0.120. The number of carbonyl (C=O) groups excluding carboxylic acids is 1. The van der Waals surface area contributed by atoms with Crippen LogP contribution < -0.4 is 0 Å². The predicted molar refractivity (Wildman–Crippen MR) is 69.6 cm³/mol. The molecule has 0 saturated heterocycles. The number of hydrogen-bond donors (Lipinski definition) is 0. The number of halogens is 3. The predicted octanol–water partition coefficient (Wildman–Crippen LogP) is 4.64. The van der Waals surface area contributed by atoms with E-state index in [1.54, 1.807) is 12.1 Å². The molecule has 0 spiro atoms. The van der Waals surface area contributed by atoms with Crippen molar-refractivity contribution in [2.45, 2.75) is 51.6 Å². The minimum atomic E-state index is -4.36. The van der Waals surface area contributed by atoms with Crippen LogP contribution in [0.25, 0.3) is 0 Å². The summed E-state index contributed by atoms with van der Waals surface area (Å²) in [6, 6.07) is 4.50. The summed E-state index contributed by atoms with van der Waals surface area (Å²) < 4.78 is 39.3. The van der Waals surface area contributed by atoms with E-state index in [1.165, 1.54) is 6.07 Å². The summed E-state index contributed by atoms with van der Waals surface area (Å²) >= 11 is 0. The van der Waals surface area contributed by atoms with Crippen LogP contribution in [0.1, 0.15) is 56.1 Å². The molecule has 1 aromatic carbocycles. The number of rotatable bonds is 2. The second-order valence-corrected chi connectivity index (χ2v) is 6.33. The normalized spacial score (nSPS) is 13.5. The lowest BCUT2D eigenvalue weighted by Crippen LogP contribution is -2.36. The maximum atomic E-state index is 13.1. The maximum absolute atomic E-state index is 13.1. The van der Waals surface area contributed by atoms with Crippen LogP contribution in [0.5, 0.6) is 0 Å². The molecular formula is C15H19F3O. The summed E-state index contributed by atoms with van der Waals surface area (Å²) in [6.45, 7) is 7.97. The molecule has 19 heavy (non-hydrogen) atoms. The lowest BCUT2D eigenvalue weighted by molar-refractivity contribution is -0.180. The fraction of sp³-hybridized carbons (Fsp3) is 0.533. The molecule has 0 aliphatic heterocycles. The zero-order chi connectivity index (χ0) is 15.1. The molecule has 0 fully saturated rings. The Balaban J connectivity index is 3.49. The van der Waals surface area contributed by atoms with Crippen molar-refractivity contribution < 1.29 is 18.0 Å². The molecule has 0 aromatic heterocycles. The number of aldehydes is 1. The van der Waals surface area contributed by atoms with Gasteiger partial charge in [0.15, 0.2) is 0 Å². The topological polar surface area (TPSA) is 17.1 Å². The van der Waals surface area contributed by atoms with Crippen LogP contribution in [0, 0.1) is 0 Å². The SMILES string of the molecule is CC(C)(C)c1cc(C=O)cc(C(C)(C)C(F)(F)F)c1. The van der Waals surface area contributed by atoms with E-state index < -0.39 is 11.6 Å². The van der Waals surface area contributed by atoms with Crippen molar-refractivity contribution in [1.29, 1.82) is 0 Å². The molecule has 0 aliphatic carbocycles. The Hall–Kier alpha value is -1.32. The first-order valence-corrected chi connectivity index (χ1v) is 6.07. The van der Waals surface area contributed by atoms with Gasteiger partial charge in [0, 0.05) is 5.56 Å². The van der Waals surface area contributed by atoms with Gasteiger partial charge in [-0.1, -0.05) is 26.8 Å². The quantitative estimate of drug-likeness (QED) is 0.717. The van der Waals surface area contributed by atoms with E-state index in [2.05, 4.69) is 0 Å². The molecule has 1 nitrogen and oxygen atoms in total. The van der Waals surface area contributed by atoms with E-state index in [0.717, 1.165) is 19.4 Å². The third kappa shape index (κ3) is 3.17. The van der Waals surface area contributed by atoms with Crippen LogP contribution in [0.3, 0.4) is 0 Å². The Labute approximate surface area is 111 Å². The van der Waals surface area contributed by atoms with Crippen LogP contribution in [0.15, 0.2) is 18.2 Å². The van der Waals surface area contributed by atoms with Gasteiger partial charge in [-0.25, -0.2) is 0 Å². The van der Waals surface area contributed by atoms with E-state index in [-0.39, 0.29) is 16.5 Å². The van der Waals surface area contributed by atoms with Gasteiger partial charge >= 0.3 is 6.18 Å². The van der Waals surface area contributed by atoms with Crippen molar-refractivity contribution in [2.75, 3.05) is 0 Å². The molecule has 106 valence electrons. The highest BCUT2D eigenvalue weighted by Crippen LogP contribution is 2.41. The molecule has 0 unspecified atom stereocenters. The van der Waals surface area contributed by atoms with Crippen LogP contribution >= 0.6 is 0 Å². The van der Waals surface area contributed by atoms with Gasteiger partial charge in [0.25, 0.3) is 0 Å². The molecule has 0 bridgehead atoms. The van der Waals surface area contributed by atoms with Gasteiger partial charge in [0.05, 0.1) is 5.41 Å².